The first-order chi connectivity index (χ1) is 7.12. The number of β-amino-alcohol motifs (C(OH)–C–C–N with tert-alkyl or cyclic N) is 1. The molecule has 16 heavy (non-hydrogen) atoms. The van der Waals surface area contributed by atoms with Gasteiger partial charge in [0.2, 0.25) is 10.0 Å². The molecule has 0 aromatic rings. The normalized spacial score (nSPS) is 26.5. The van der Waals surface area contributed by atoms with Gasteiger partial charge in [0.05, 0.1) is 11.4 Å². The second-order valence-electron chi connectivity index (χ2n) is 6.46. The number of aliphatic hydroxyl groups is 1. The zero-order valence-corrected chi connectivity index (χ0v) is 11.0. The minimum Gasteiger partial charge on any atom is -0.387 e. The maximum Gasteiger partial charge on any atom is 0.214 e. The highest BCUT2D eigenvalue weighted by molar-refractivity contribution is 7.89. The van der Waals surface area contributed by atoms with E-state index in [0.29, 0.717) is 19.0 Å². The van der Waals surface area contributed by atoms with Crippen LogP contribution in [0.1, 0.15) is 33.6 Å². The topological polar surface area (TPSA) is 57.6 Å². The van der Waals surface area contributed by atoms with Gasteiger partial charge in [-0.1, -0.05) is 20.8 Å². The van der Waals surface area contributed by atoms with Crippen LogP contribution in [0.15, 0.2) is 0 Å². The van der Waals surface area contributed by atoms with Crippen LogP contribution < -0.4 is 0 Å². The van der Waals surface area contributed by atoms with Crippen LogP contribution in [0, 0.1) is 11.3 Å². The summed E-state index contributed by atoms with van der Waals surface area (Å²) < 4.78 is 25.4. The Kier molecular flexibility index (Phi) is 2.64. The first kappa shape index (κ1) is 12.3. The van der Waals surface area contributed by atoms with Crippen molar-refractivity contribution in [3.63, 3.8) is 0 Å². The Labute approximate surface area is 97.7 Å². The third-order valence-corrected chi connectivity index (χ3v) is 5.52. The molecule has 94 valence electrons. The van der Waals surface area contributed by atoms with Gasteiger partial charge in [-0.2, -0.15) is 4.31 Å². The van der Waals surface area contributed by atoms with Crippen LogP contribution >= 0.6 is 0 Å². The van der Waals surface area contributed by atoms with E-state index in [2.05, 4.69) is 0 Å². The standard InChI is InChI=1S/C11H21NO3S/c1-10(2,3)8-16(14,15)12-6-11(13,7-12)9-4-5-9/h9,13H,4-8H2,1-3H3. The molecule has 5 heteroatoms. The van der Waals surface area contributed by atoms with Gasteiger partial charge in [-0.15, -0.1) is 0 Å². The van der Waals surface area contributed by atoms with Gasteiger partial charge in [0.25, 0.3) is 0 Å². The van der Waals surface area contributed by atoms with Crippen LogP contribution in [0.4, 0.5) is 0 Å². The molecule has 2 aliphatic rings. The Morgan fingerprint density at radius 2 is 1.81 bits per heavy atom. The van der Waals surface area contributed by atoms with E-state index in [-0.39, 0.29) is 11.2 Å². The van der Waals surface area contributed by atoms with Crippen molar-refractivity contribution in [2.75, 3.05) is 18.8 Å². The summed E-state index contributed by atoms with van der Waals surface area (Å²) in [6, 6.07) is 0. The van der Waals surface area contributed by atoms with Crippen molar-refractivity contribution in [3.05, 3.63) is 0 Å². The van der Waals surface area contributed by atoms with E-state index < -0.39 is 15.6 Å². The van der Waals surface area contributed by atoms with Crippen molar-refractivity contribution in [2.45, 2.75) is 39.2 Å². The van der Waals surface area contributed by atoms with Gasteiger partial charge in [-0.25, -0.2) is 8.42 Å². The van der Waals surface area contributed by atoms with Crippen LogP contribution in [-0.2, 0) is 10.0 Å². The second kappa shape index (κ2) is 3.43. The van der Waals surface area contributed by atoms with E-state index in [1.165, 1.54) is 4.31 Å². The minimum atomic E-state index is -3.18. The minimum absolute atomic E-state index is 0.154. The SMILES string of the molecule is CC(C)(C)CS(=O)(=O)N1CC(O)(C2CC2)C1. The monoisotopic (exact) mass is 247 g/mol. The van der Waals surface area contributed by atoms with Crippen molar-refractivity contribution >= 4 is 10.0 Å². The molecule has 1 aliphatic carbocycles. The zero-order chi connectivity index (χ0) is 12.2. The molecule has 0 aromatic heterocycles. The third kappa shape index (κ3) is 2.41. The summed E-state index contributed by atoms with van der Waals surface area (Å²) in [6.07, 6.45) is 2.09. The van der Waals surface area contributed by atoms with Crippen LogP contribution in [0.5, 0.6) is 0 Å². The Balaban J connectivity index is 1.95. The number of sulfonamides is 1. The summed E-state index contributed by atoms with van der Waals surface area (Å²) in [5.41, 5.74) is -0.947. The smallest absolute Gasteiger partial charge is 0.214 e. The van der Waals surface area contributed by atoms with E-state index >= 15 is 0 Å². The Bertz CT molecular complexity index is 373. The Hall–Kier alpha value is -0.130. The largest absolute Gasteiger partial charge is 0.387 e. The van der Waals surface area contributed by atoms with E-state index in [9.17, 15) is 13.5 Å². The van der Waals surface area contributed by atoms with Gasteiger partial charge < -0.3 is 5.11 Å². The van der Waals surface area contributed by atoms with Crippen molar-refractivity contribution in [1.82, 2.24) is 4.31 Å². The van der Waals surface area contributed by atoms with E-state index in [1.807, 2.05) is 20.8 Å². The third-order valence-electron chi connectivity index (χ3n) is 3.25. The maximum atomic E-state index is 12.0. The zero-order valence-electron chi connectivity index (χ0n) is 10.2. The van der Waals surface area contributed by atoms with E-state index in [4.69, 9.17) is 0 Å². The quantitative estimate of drug-likeness (QED) is 0.803. The van der Waals surface area contributed by atoms with Crippen LogP contribution in [-0.4, -0.2) is 42.3 Å². The molecule has 0 amide bonds. The lowest BCUT2D eigenvalue weighted by atomic mass is 9.91. The van der Waals surface area contributed by atoms with Crippen molar-refractivity contribution in [2.24, 2.45) is 11.3 Å². The first-order valence-electron chi connectivity index (χ1n) is 5.83. The predicted molar refractivity (Wildman–Crippen MR) is 62.5 cm³/mol. The summed E-state index contributed by atoms with van der Waals surface area (Å²) in [5.74, 6) is 0.495. The first-order valence-corrected chi connectivity index (χ1v) is 7.44. The molecule has 0 radical (unpaired) electrons. The number of rotatable bonds is 3. The highest BCUT2D eigenvalue weighted by Crippen LogP contribution is 2.45. The fraction of sp³-hybridized carbons (Fsp3) is 1.00. The lowest BCUT2D eigenvalue weighted by Crippen LogP contribution is -2.65. The molecular weight excluding hydrogens is 226 g/mol. The van der Waals surface area contributed by atoms with Gasteiger partial charge in [-0.05, 0) is 24.2 Å². The molecule has 1 saturated carbocycles. The molecule has 0 unspecified atom stereocenters. The molecule has 0 spiro atoms. The lowest BCUT2D eigenvalue weighted by molar-refractivity contribution is -0.0766. The fourth-order valence-corrected chi connectivity index (χ4v) is 4.40. The summed E-state index contributed by atoms with van der Waals surface area (Å²) >= 11 is 0. The average molecular weight is 247 g/mol. The summed E-state index contributed by atoms with van der Waals surface area (Å²) in [4.78, 5) is 0. The molecule has 0 atom stereocenters. The van der Waals surface area contributed by atoms with Crippen LogP contribution in [0.3, 0.4) is 0 Å². The molecule has 1 heterocycles. The summed E-state index contributed by atoms with van der Waals surface area (Å²) in [6.45, 7) is 6.35. The fourth-order valence-electron chi connectivity index (χ4n) is 2.28. The van der Waals surface area contributed by atoms with Gasteiger partial charge >= 0.3 is 0 Å². The highest BCUT2D eigenvalue weighted by atomic mass is 32.2. The Morgan fingerprint density at radius 1 is 1.31 bits per heavy atom. The highest BCUT2D eigenvalue weighted by Gasteiger charge is 2.55. The van der Waals surface area contributed by atoms with Gasteiger partial charge in [0, 0.05) is 13.1 Å². The number of hydrogen-bond acceptors (Lipinski definition) is 3. The predicted octanol–water partition coefficient (Wildman–Crippen LogP) is 0.819. The van der Waals surface area contributed by atoms with Crippen molar-refractivity contribution < 1.29 is 13.5 Å². The van der Waals surface area contributed by atoms with Gasteiger partial charge in [0.15, 0.2) is 0 Å². The second-order valence-corrected chi connectivity index (χ2v) is 8.43. The molecule has 1 saturated heterocycles. The summed E-state index contributed by atoms with van der Waals surface area (Å²) in [7, 11) is -3.18. The number of hydrogen-bond donors (Lipinski definition) is 1. The average Bonchev–Trinajstić information content (AvgIpc) is 2.74. The van der Waals surface area contributed by atoms with Gasteiger partial charge in [0.1, 0.15) is 0 Å². The van der Waals surface area contributed by atoms with E-state index in [1.54, 1.807) is 0 Å². The number of nitrogens with zero attached hydrogens (tertiary/aromatic N) is 1. The molecule has 0 bridgehead atoms. The molecular formula is C11H21NO3S. The molecule has 2 rings (SSSR count). The molecule has 0 aromatic carbocycles. The molecule has 4 nitrogen and oxygen atoms in total. The molecule has 2 fully saturated rings. The van der Waals surface area contributed by atoms with Gasteiger partial charge in [-0.3, -0.25) is 0 Å². The van der Waals surface area contributed by atoms with Crippen LogP contribution in [0.2, 0.25) is 0 Å². The van der Waals surface area contributed by atoms with Crippen molar-refractivity contribution in [1.29, 1.82) is 0 Å². The maximum absolute atomic E-state index is 12.0. The van der Waals surface area contributed by atoms with E-state index in [0.717, 1.165) is 12.8 Å². The molecule has 1 N–H and O–H groups in total. The summed E-state index contributed by atoms with van der Waals surface area (Å²) in [5, 5.41) is 10.1. The molecule has 1 aliphatic heterocycles. The Morgan fingerprint density at radius 3 is 2.19 bits per heavy atom. The lowest BCUT2D eigenvalue weighted by Gasteiger charge is -2.46. The van der Waals surface area contributed by atoms with Crippen molar-refractivity contribution in [3.8, 4) is 0 Å². The van der Waals surface area contributed by atoms with Crippen LogP contribution in [0.25, 0.3) is 0 Å².